The number of amides is 1. The molecule has 0 unspecified atom stereocenters. The number of thioether (sulfide) groups is 1. The van der Waals surface area contributed by atoms with Gasteiger partial charge in [0.05, 0.1) is 11.4 Å². The highest BCUT2D eigenvalue weighted by atomic mass is 32.2. The van der Waals surface area contributed by atoms with Crippen LogP contribution >= 0.6 is 11.8 Å². The summed E-state index contributed by atoms with van der Waals surface area (Å²) in [6.07, 6.45) is 3.68. The molecule has 0 atom stereocenters. The lowest BCUT2D eigenvalue weighted by molar-refractivity contribution is -0.118. The van der Waals surface area contributed by atoms with Crippen molar-refractivity contribution in [3.05, 3.63) is 78.1 Å². The first kappa shape index (κ1) is 16.3. The average Bonchev–Trinajstić information content (AvgIpc) is 3.08. The van der Waals surface area contributed by atoms with Crippen LogP contribution in [0.15, 0.2) is 72.1 Å². The molecule has 3 rings (SSSR count). The summed E-state index contributed by atoms with van der Waals surface area (Å²) in [5.41, 5.74) is 3.35. The van der Waals surface area contributed by atoms with Gasteiger partial charge < -0.3 is 5.32 Å². The lowest BCUT2D eigenvalue weighted by Crippen LogP contribution is -2.24. The molecule has 0 saturated heterocycles. The van der Waals surface area contributed by atoms with Crippen molar-refractivity contribution < 1.29 is 4.79 Å². The van der Waals surface area contributed by atoms with Gasteiger partial charge in [0.2, 0.25) is 5.91 Å². The number of rotatable bonds is 6. The molecule has 122 valence electrons. The van der Waals surface area contributed by atoms with E-state index in [1.165, 1.54) is 17.3 Å². The van der Waals surface area contributed by atoms with Crippen LogP contribution in [0.1, 0.15) is 11.1 Å². The zero-order valence-corrected chi connectivity index (χ0v) is 14.3. The lowest BCUT2D eigenvalue weighted by Gasteiger charge is -2.10. The van der Waals surface area contributed by atoms with Crippen LogP contribution in [0.2, 0.25) is 0 Å². The fourth-order valence-electron chi connectivity index (χ4n) is 2.39. The summed E-state index contributed by atoms with van der Waals surface area (Å²) in [4.78, 5) is 16.4. The van der Waals surface area contributed by atoms with Crippen LogP contribution in [0.4, 0.5) is 0 Å². The summed E-state index contributed by atoms with van der Waals surface area (Å²) in [7, 11) is 0. The van der Waals surface area contributed by atoms with Crippen molar-refractivity contribution in [1.82, 2.24) is 14.9 Å². The molecule has 0 spiro atoms. The van der Waals surface area contributed by atoms with E-state index in [1.54, 1.807) is 6.20 Å². The van der Waals surface area contributed by atoms with Crippen LogP contribution in [-0.2, 0) is 11.3 Å². The Kier molecular flexibility index (Phi) is 5.33. The summed E-state index contributed by atoms with van der Waals surface area (Å²) in [5.74, 6) is 0.346. The van der Waals surface area contributed by atoms with Gasteiger partial charge in [0.15, 0.2) is 5.16 Å². The summed E-state index contributed by atoms with van der Waals surface area (Å²) in [6.45, 7) is 2.61. The number of nitrogens with zero attached hydrogens (tertiary/aromatic N) is 2. The second kappa shape index (κ2) is 7.84. The van der Waals surface area contributed by atoms with E-state index in [0.29, 0.717) is 12.3 Å². The molecular weight excluding hydrogens is 318 g/mol. The Balaban J connectivity index is 1.59. The molecule has 0 aliphatic rings. The third kappa shape index (κ3) is 4.06. The minimum atomic E-state index is 0.00295. The molecule has 0 fully saturated rings. The van der Waals surface area contributed by atoms with Gasteiger partial charge in [-0.05, 0) is 24.1 Å². The summed E-state index contributed by atoms with van der Waals surface area (Å²) in [6, 6.07) is 18.0. The highest BCUT2D eigenvalue weighted by Gasteiger charge is 2.10. The topological polar surface area (TPSA) is 46.9 Å². The Bertz CT molecular complexity index is 814. The minimum Gasteiger partial charge on any atom is -0.351 e. The first-order chi connectivity index (χ1) is 11.7. The molecule has 1 aromatic heterocycles. The zero-order chi connectivity index (χ0) is 16.8. The van der Waals surface area contributed by atoms with Gasteiger partial charge in [0.25, 0.3) is 0 Å². The highest BCUT2D eigenvalue weighted by Crippen LogP contribution is 2.22. The third-order valence-electron chi connectivity index (χ3n) is 3.65. The molecule has 0 aliphatic carbocycles. The van der Waals surface area contributed by atoms with Crippen molar-refractivity contribution >= 4 is 17.7 Å². The molecule has 0 bridgehead atoms. The summed E-state index contributed by atoms with van der Waals surface area (Å²) >= 11 is 1.44. The molecular formula is C19H19N3OS. The normalized spacial score (nSPS) is 10.5. The second-order valence-electron chi connectivity index (χ2n) is 5.42. The molecule has 3 aromatic rings. The third-order valence-corrected chi connectivity index (χ3v) is 4.61. The number of imidazole rings is 1. The Labute approximate surface area is 145 Å². The van der Waals surface area contributed by atoms with Crippen molar-refractivity contribution in [3.8, 4) is 5.69 Å². The quantitative estimate of drug-likeness (QED) is 0.699. The zero-order valence-electron chi connectivity index (χ0n) is 13.5. The fraction of sp³-hybridized carbons (Fsp3) is 0.158. The van der Waals surface area contributed by atoms with E-state index in [-0.39, 0.29) is 5.91 Å². The van der Waals surface area contributed by atoms with Crippen molar-refractivity contribution in [1.29, 1.82) is 0 Å². The van der Waals surface area contributed by atoms with E-state index >= 15 is 0 Å². The number of hydrogen-bond donors (Lipinski definition) is 1. The maximum atomic E-state index is 12.1. The van der Waals surface area contributed by atoms with Gasteiger partial charge in [-0.3, -0.25) is 9.36 Å². The standard InChI is InChI=1S/C19H19N3OS/c1-15-7-5-6-10-17(15)22-12-11-20-19(22)24-14-18(23)21-13-16-8-3-2-4-9-16/h2-12H,13-14H2,1H3,(H,21,23). The van der Waals surface area contributed by atoms with Gasteiger partial charge in [0, 0.05) is 18.9 Å². The van der Waals surface area contributed by atoms with Crippen LogP contribution in [-0.4, -0.2) is 21.2 Å². The molecule has 0 aliphatic heterocycles. The first-order valence-electron chi connectivity index (χ1n) is 7.77. The number of carbonyl (C=O) groups is 1. The number of benzene rings is 2. The Morgan fingerprint density at radius 2 is 1.88 bits per heavy atom. The molecule has 24 heavy (non-hydrogen) atoms. The molecule has 5 heteroatoms. The van der Waals surface area contributed by atoms with Crippen LogP contribution in [0.25, 0.3) is 5.69 Å². The second-order valence-corrected chi connectivity index (χ2v) is 6.36. The van der Waals surface area contributed by atoms with Gasteiger partial charge in [0.1, 0.15) is 0 Å². The SMILES string of the molecule is Cc1ccccc1-n1ccnc1SCC(=O)NCc1ccccc1. The molecule has 0 radical (unpaired) electrons. The first-order valence-corrected chi connectivity index (χ1v) is 8.75. The molecule has 0 saturated carbocycles. The number of carbonyl (C=O) groups excluding carboxylic acids is 1. The average molecular weight is 337 g/mol. The summed E-state index contributed by atoms with van der Waals surface area (Å²) in [5, 5.41) is 3.75. The van der Waals surface area contributed by atoms with E-state index in [9.17, 15) is 4.79 Å². The number of aromatic nitrogens is 2. The molecule has 1 heterocycles. The van der Waals surface area contributed by atoms with Gasteiger partial charge in [-0.15, -0.1) is 0 Å². The predicted molar refractivity (Wildman–Crippen MR) is 97.3 cm³/mol. The lowest BCUT2D eigenvalue weighted by atomic mass is 10.2. The Morgan fingerprint density at radius 1 is 1.12 bits per heavy atom. The van der Waals surface area contributed by atoms with Gasteiger partial charge >= 0.3 is 0 Å². The van der Waals surface area contributed by atoms with Crippen molar-refractivity contribution in [2.45, 2.75) is 18.6 Å². The van der Waals surface area contributed by atoms with Gasteiger partial charge in [-0.2, -0.15) is 0 Å². The maximum absolute atomic E-state index is 12.1. The Hall–Kier alpha value is -2.53. The monoisotopic (exact) mass is 337 g/mol. The maximum Gasteiger partial charge on any atom is 0.230 e. The van der Waals surface area contributed by atoms with E-state index in [1.807, 2.05) is 53.2 Å². The van der Waals surface area contributed by atoms with E-state index in [2.05, 4.69) is 29.4 Å². The minimum absolute atomic E-state index is 0.00295. The molecule has 4 nitrogen and oxygen atoms in total. The van der Waals surface area contributed by atoms with Crippen molar-refractivity contribution in [3.63, 3.8) is 0 Å². The number of para-hydroxylation sites is 1. The Morgan fingerprint density at radius 3 is 2.67 bits per heavy atom. The molecule has 1 amide bonds. The van der Waals surface area contributed by atoms with Crippen molar-refractivity contribution in [2.75, 3.05) is 5.75 Å². The predicted octanol–water partition coefficient (Wildman–Crippen LogP) is 3.59. The van der Waals surface area contributed by atoms with Crippen LogP contribution in [0.3, 0.4) is 0 Å². The summed E-state index contributed by atoms with van der Waals surface area (Å²) < 4.78 is 2.02. The number of nitrogens with one attached hydrogen (secondary N) is 1. The van der Waals surface area contributed by atoms with E-state index in [0.717, 1.165) is 16.4 Å². The van der Waals surface area contributed by atoms with Crippen LogP contribution in [0, 0.1) is 6.92 Å². The largest absolute Gasteiger partial charge is 0.351 e. The number of aryl methyl sites for hydroxylation is 1. The van der Waals surface area contributed by atoms with Crippen LogP contribution < -0.4 is 5.32 Å². The van der Waals surface area contributed by atoms with E-state index < -0.39 is 0 Å². The fourth-order valence-corrected chi connectivity index (χ4v) is 3.19. The smallest absolute Gasteiger partial charge is 0.230 e. The number of hydrogen-bond acceptors (Lipinski definition) is 3. The molecule has 2 aromatic carbocycles. The van der Waals surface area contributed by atoms with Crippen LogP contribution in [0.5, 0.6) is 0 Å². The van der Waals surface area contributed by atoms with Gasteiger partial charge in [-0.1, -0.05) is 60.3 Å². The van der Waals surface area contributed by atoms with E-state index in [4.69, 9.17) is 0 Å². The van der Waals surface area contributed by atoms with Crippen molar-refractivity contribution in [2.24, 2.45) is 0 Å². The highest BCUT2D eigenvalue weighted by molar-refractivity contribution is 7.99. The molecule has 1 N–H and O–H groups in total. The van der Waals surface area contributed by atoms with Gasteiger partial charge in [-0.25, -0.2) is 4.98 Å².